The predicted octanol–water partition coefficient (Wildman–Crippen LogP) is 7.87. The first kappa shape index (κ1) is 33.4. The Balaban J connectivity index is 1.58. The van der Waals surface area contributed by atoms with E-state index in [1.54, 1.807) is 31.2 Å². The largest absolute Gasteiger partial charge is 0.481 e. The lowest BCUT2D eigenvalue weighted by molar-refractivity contribution is -0.143. The third kappa shape index (κ3) is 7.39. The van der Waals surface area contributed by atoms with Gasteiger partial charge >= 0.3 is 18.4 Å². The van der Waals surface area contributed by atoms with Crippen molar-refractivity contribution in [3.05, 3.63) is 89.1 Å². The van der Waals surface area contributed by atoms with Gasteiger partial charge in [0.25, 0.3) is 0 Å². The van der Waals surface area contributed by atoms with Gasteiger partial charge in [0.2, 0.25) is 11.8 Å². The average molecular weight is 661 g/mol. The SMILES string of the molecule is CCOC(=O)N1c2ccc(OC)nc2[C@@H](Nc2ncc(-c3cccnc3)c(Cc3cc(C(F)(F)F)cc(C(F)(F)F)c3)n2)C[C@H]1CC. The maximum absolute atomic E-state index is 13.6. The molecule has 0 unspecified atom stereocenters. The maximum atomic E-state index is 13.6. The van der Waals surface area contributed by atoms with E-state index in [4.69, 9.17) is 9.47 Å². The molecule has 1 N–H and O–H groups in total. The molecule has 5 rings (SSSR count). The van der Waals surface area contributed by atoms with Gasteiger partial charge in [-0.05, 0) is 55.7 Å². The van der Waals surface area contributed by atoms with Crippen molar-refractivity contribution < 1.29 is 40.6 Å². The number of pyridine rings is 2. The highest BCUT2D eigenvalue weighted by atomic mass is 19.4. The highest BCUT2D eigenvalue weighted by Crippen LogP contribution is 2.41. The topological polar surface area (TPSA) is 102 Å². The van der Waals surface area contributed by atoms with Crippen LogP contribution in [-0.4, -0.2) is 45.8 Å². The van der Waals surface area contributed by atoms with E-state index in [1.807, 2.05) is 6.92 Å². The molecule has 0 aliphatic carbocycles. The van der Waals surface area contributed by atoms with E-state index in [9.17, 15) is 31.1 Å². The van der Waals surface area contributed by atoms with E-state index in [1.165, 1.54) is 30.6 Å². The van der Waals surface area contributed by atoms with Crippen LogP contribution in [0.4, 0.5) is 42.8 Å². The van der Waals surface area contributed by atoms with Crippen LogP contribution < -0.4 is 15.0 Å². The van der Waals surface area contributed by atoms with Crippen molar-refractivity contribution >= 4 is 17.7 Å². The Hall–Kier alpha value is -4.95. The molecule has 47 heavy (non-hydrogen) atoms. The molecule has 1 amide bonds. The van der Waals surface area contributed by atoms with Crippen LogP contribution in [0.2, 0.25) is 0 Å². The van der Waals surface area contributed by atoms with Gasteiger partial charge in [-0.1, -0.05) is 13.0 Å². The standard InChI is InChI=1S/C32H30F6N6O3/c1-4-22-15-25(28-26(8-9-27(43-28)46-3)44(22)30(45)47-5-2)42-29-40-17-23(19-7-6-10-39-16-19)24(41-29)13-18-11-20(31(33,34)35)14-21(12-18)32(36,37)38/h6-12,14,16-17,22,25H,4-5,13,15H2,1-3H3,(H,40,41,42)/t22-,25+/m1/s1. The Morgan fingerprint density at radius 2 is 1.72 bits per heavy atom. The molecule has 4 aromatic rings. The molecule has 9 nitrogen and oxygen atoms in total. The molecule has 0 saturated carbocycles. The number of ether oxygens (including phenoxy) is 2. The number of amides is 1. The lowest BCUT2D eigenvalue weighted by Crippen LogP contribution is -2.46. The molecule has 15 heteroatoms. The van der Waals surface area contributed by atoms with Crippen LogP contribution in [0, 0.1) is 0 Å². The van der Waals surface area contributed by atoms with E-state index in [0.717, 1.165) is 0 Å². The number of hydrogen-bond donors (Lipinski definition) is 1. The number of carbonyl (C=O) groups excluding carboxylic acids is 1. The molecule has 0 spiro atoms. The van der Waals surface area contributed by atoms with Crippen molar-refractivity contribution in [1.82, 2.24) is 19.9 Å². The number of anilines is 2. The Kier molecular flexibility index (Phi) is 9.54. The molecule has 0 saturated heterocycles. The third-order valence-electron chi connectivity index (χ3n) is 7.65. The number of methoxy groups -OCH3 is 1. The third-order valence-corrected chi connectivity index (χ3v) is 7.65. The van der Waals surface area contributed by atoms with Crippen LogP contribution in [0.3, 0.4) is 0 Å². The summed E-state index contributed by atoms with van der Waals surface area (Å²) >= 11 is 0. The minimum Gasteiger partial charge on any atom is -0.481 e. The maximum Gasteiger partial charge on any atom is 0.416 e. The summed E-state index contributed by atoms with van der Waals surface area (Å²) in [4.78, 5) is 32.2. The summed E-state index contributed by atoms with van der Waals surface area (Å²) in [7, 11) is 1.45. The average Bonchev–Trinajstić information content (AvgIpc) is 3.04. The minimum atomic E-state index is -5.00. The summed E-state index contributed by atoms with van der Waals surface area (Å²) in [6.07, 6.45) is -5.56. The zero-order valence-corrected chi connectivity index (χ0v) is 25.5. The molecular weight excluding hydrogens is 630 g/mol. The number of carbonyl (C=O) groups is 1. The summed E-state index contributed by atoms with van der Waals surface area (Å²) in [6.45, 7) is 3.79. The summed E-state index contributed by atoms with van der Waals surface area (Å²) in [5.41, 5.74) is -1.11. The lowest BCUT2D eigenvalue weighted by atomic mass is 9.93. The minimum absolute atomic E-state index is 0.0515. The van der Waals surface area contributed by atoms with Crippen LogP contribution in [0.5, 0.6) is 5.88 Å². The van der Waals surface area contributed by atoms with Crippen molar-refractivity contribution in [2.75, 3.05) is 23.9 Å². The fourth-order valence-corrected chi connectivity index (χ4v) is 5.48. The summed E-state index contributed by atoms with van der Waals surface area (Å²) in [6, 6.07) is 7.20. The smallest absolute Gasteiger partial charge is 0.416 e. The molecule has 0 radical (unpaired) electrons. The lowest BCUT2D eigenvalue weighted by Gasteiger charge is -2.39. The molecular formula is C32H30F6N6O3. The van der Waals surface area contributed by atoms with Gasteiger partial charge in [-0.2, -0.15) is 26.3 Å². The van der Waals surface area contributed by atoms with Gasteiger partial charge in [-0.15, -0.1) is 0 Å². The number of alkyl halides is 6. The summed E-state index contributed by atoms with van der Waals surface area (Å²) in [5.74, 6) is 0.337. The first-order valence-corrected chi connectivity index (χ1v) is 14.6. The molecule has 1 aromatic carbocycles. The van der Waals surface area contributed by atoms with Gasteiger partial charge in [-0.3, -0.25) is 9.88 Å². The van der Waals surface area contributed by atoms with E-state index >= 15 is 0 Å². The van der Waals surface area contributed by atoms with E-state index in [-0.39, 0.29) is 48.2 Å². The van der Waals surface area contributed by atoms with Gasteiger partial charge in [-0.25, -0.2) is 19.7 Å². The second kappa shape index (κ2) is 13.4. The molecule has 4 heterocycles. The van der Waals surface area contributed by atoms with E-state index in [0.29, 0.717) is 47.5 Å². The highest BCUT2D eigenvalue weighted by Gasteiger charge is 2.39. The van der Waals surface area contributed by atoms with Crippen LogP contribution in [-0.2, 0) is 23.5 Å². The first-order valence-electron chi connectivity index (χ1n) is 14.6. The molecule has 1 aliphatic rings. The number of rotatable bonds is 8. The van der Waals surface area contributed by atoms with Crippen molar-refractivity contribution in [1.29, 1.82) is 0 Å². The second-order valence-electron chi connectivity index (χ2n) is 10.7. The van der Waals surface area contributed by atoms with Gasteiger partial charge < -0.3 is 14.8 Å². The van der Waals surface area contributed by atoms with Crippen LogP contribution in [0.1, 0.15) is 60.8 Å². The number of fused-ring (bicyclic) bond motifs is 1. The number of aromatic nitrogens is 4. The Morgan fingerprint density at radius 1 is 1.00 bits per heavy atom. The monoisotopic (exact) mass is 660 g/mol. The van der Waals surface area contributed by atoms with E-state index in [2.05, 4.69) is 25.3 Å². The van der Waals surface area contributed by atoms with Gasteiger partial charge in [0, 0.05) is 48.2 Å². The Bertz CT molecular complexity index is 1700. The Labute approximate surface area is 266 Å². The molecule has 248 valence electrons. The summed E-state index contributed by atoms with van der Waals surface area (Å²) in [5, 5.41) is 3.23. The second-order valence-corrected chi connectivity index (χ2v) is 10.7. The van der Waals surface area contributed by atoms with Gasteiger partial charge in [0.05, 0.1) is 48.0 Å². The van der Waals surface area contributed by atoms with E-state index < -0.39 is 35.6 Å². The van der Waals surface area contributed by atoms with Crippen molar-refractivity contribution in [2.45, 2.75) is 57.5 Å². The molecule has 1 aliphatic heterocycles. The molecule has 2 atom stereocenters. The van der Waals surface area contributed by atoms with Crippen molar-refractivity contribution in [3.63, 3.8) is 0 Å². The predicted molar refractivity (Wildman–Crippen MR) is 160 cm³/mol. The normalized spacial score (nSPS) is 16.4. The fourth-order valence-electron chi connectivity index (χ4n) is 5.48. The first-order chi connectivity index (χ1) is 22.3. The number of nitrogens with one attached hydrogen (secondary N) is 1. The number of hydrogen-bond acceptors (Lipinski definition) is 8. The van der Waals surface area contributed by atoms with Crippen molar-refractivity contribution in [3.8, 4) is 17.0 Å². The number of halogens is 6. The van der Waals surface area contributed by atoms with Crippen LogP contribution in [0.15, 0.2) is 61.1 Å². The molecule has 0 fully saturated rings. The highest BCUT2D eigenvalue weighted by molar-refractivity contribution is 5.90. The zero-order valence-electron chi connectivity index (χ0n) is 25.5. The number of nitrogens with zero attached hydrogens (tertiary/aromatic N) is 5. The Morgan fingerprint density at radius 3 is 2.32 bits per heavy atom. The molecule has 3 aromatic heterocycles. The number of benzene rings is 1. The van der Waals surface area contributed by atoms with Gasteiger partial charge in [0.1, 0.15) is 0 Å². The molecule has 0 bridgehead atoms. The zero-order chi connectivity index (χ0) is 33.9. The fraction of sp³-hybridized carbons (Fsp3) is 0.344. The van der Waals surface area contributed by atoms with Gasteiger partial charge in [0.15, 0.2) is 0 Å². The summed E-state index contributed by atoms with van der Waals surface area (Å²) < 4.78 is 92.5. The van der Waals surface area contributed by atoms with Crippen molar-refractivity contribution in [2.24, 2.45) is 0 Å². The van der Waals surface area contributed by atoms with Crippen LogP contribution in [0.25, 0.3) is 11.1 Å². The van der Waals surface area contributed by atoms with Crippen LogP contribution >= 0.6 is 0 Å². The quantitative estimate of drug-likeness (QED) is 0.191.